The highest BCUT2D eigenvalue weighted by Gasteiger charge is 2.27. The average Bonchev–Trinajstić information content (AvgIpc) is 3.42. The van der Waals surface area contributed by atoms with Crippen LogP contribution in [-0.4, -0.2) is 27.5 Å². The van der Waals surface area contributed by atoms with Gasteiger partial charge in [0.25, 0.3) is 0 Å². The first-order valence-corrected chi connectivity index (χ1v) is 12.9. The average molecular weight is 559 g/mol. The molecule has 0 saturated carbocycles. The Balaban J connectivity index is 1.51. The molecule has 13 heteroatoms. The molecule has 3 aromatic rings. The number of ether oxygens (including phenoxy) is 1. The van der Waals surface area contributed by atoms with Crippen LogP contribution in [0.3, 0.4) is 0 Å². The number of nitrogens with zero attached hydrogens (tertiary/aromatic N) is 2. The van der Waals surface area contributed by atoms with Crippen molar-refractivity contribution in [1.29, 1.82) is 0 Å². The van der Waals surface area contributed by atoms with Crippen LogP contribution in [0, 0.1) is 29.1 Å². The van der Waals surface area contributed by atoms with E-state index in [0.29, 0.717) is 10.6 Å². The maximum atomic E-state index is 14.0. The van der Waals surface area contributed by atoms with E-state index in [9.17, 15) is 26.7 Å². The van der Waals surface area contributed by atoms with Gasteiger partial charge in [-0.15, -0.1) is 11.3 Å². The van der Waals surface area contributed by atoms with Crippen molar-refractivity contribution in [1.82, 2.24) is 9.78 Å². The zero-order chi connectivity index (χ0) is 26.7. The molecule has 2 N–H and O–H groups in total. The Labute approximate surface area is 218 Å². The molecule has 1 aliphatic rings. The molecule has 2 heterocycles. The fraction of sp³-hybridized carbons (Fsp3) is 0.375. The van der Waals surface area contributed by atoms with E-state index in [2.05, 4.69) is 15.7 Å². The van der Waals surface area contributed by atoms with Crippen LogP contribution in [0.25, 0.3) is 0 Å². The number of rotatable bonds is 6. The van der Waals surface area contributed by atoms with E-state index in [1.165, 1.54) is 23.6 Å². The number of thiocarbonyl (C=S) groups is 1. The highest BCUT2D eigenvalue weighted by molar-refractivity contribution is 7.80. The fourth-order valence-corrected chi connectivity index (χ4v) is 5.70. The maximum absolute atomic E-state index is 14.0. The maximum Gasteiger partial charge on any atom is 0.341 e. The van der Waals surface area contributed by atoms with Crippen molar-refractivity contribution in [2.75, 3.05) is 17.2 Å². The second kappa shape index (κ2) is 11.5. The molecular weight excluding hydrogens is 535 g/mol. The van der Waals surface area contributed by atoms with Gasteiger partial charge in [-0.05, 0) is 50.4 Å². The summed E-state index contributed by atoms with van der Waals surface area (Å²) in [5.41, 5.74) is 0.423. The van der Waals surface area contributed by atoms with Crippen molar-refractivity contribution >= 4 is 45.5 Å². The van der Waals surface area contributed by atoms with E-state index in [1.807, 2.05) is 0 Å². The number of carbonyl (C=O) groups is 1. The summed E-state index contributed by atoms with van der Waals surface area (Å²) in [6.07, 6.45) is 7.14. The number of anilines is 2. The van der Waals surface area contributed by atoms with Crippen molar-refractivity contribution in [3.8, 4) is 0 Å². The monoisotopic (exact) mass is 558 g/mol. The van der Waals surface area contributed by atoms with Crippen LogP contribution in [0.1, 0.15) is 59.0 Å². The SMILES string of the molecule is CCOC(=O)c1c(NC(=S)Nc2ccn(Cc3c(F)c(F)c(F)c(F)c3F)n2)sc2c1CCCCCC2. The molecule has 1 aromatic carbocycles. The third-order valence-electron chi connectivity index (χ3n) is 5.88. The van der Waals surface area contributed by atoms with Crippen LogP contribution in [-0.2, 0) is 24.1 Å². The van der Waals surface area contributed by atoms with E-state index in [-0.39, 0.29) is 17.5 Å². The number of nitrogens with one attached hydrogen (secondary N) is 2. The highest BCUT2D eigenvalue weighted by Crippen LogP contribution is 2.37. The molecule has 0 spiro atoms. The molecule has 37 heavy (non-hydrogen) atoms. The number of aryl methyl sites for hydroxylation is 1. The second-order valence-electron chi connectivity index (χ2n) is 8.37. The van der Waals surface area contributed by atoms with E-state index < -0.39 is 47.2 Å². The van der Waals surface area contributed by atoms with Gasteiger partial charge in [-0.3, -0.25) is 4.68 Å². The summed E-state index contributed by atoms with van der Waals surface area (Å²) in [5, 5.41) is 10.5. The predicted octanol–water partition coefficient (Wildman–Crippen LogP) is 6.33. The molecule has 0 bridgehead atoms. The number of benzene rings is 1. The van der Waals surface area contributed by atoms with E-state index in [1.54, 1.807) is 6.92 Å². The number of fused-ring (bicyclic) bond motifs is 1. The molecular formula is C24H23F5N4O2S2. The summed E-state index contributed by atoms with van der Waals surface area (Å²) >= 11 is 6.82. The first-order chi connectivity index (χ1) is 17.7. The van der Waals surface area contributed by atoms with Crippen LogP contribution < -0.4 is 10.6 Å². The third-order valence-corrected chi connectivity index (χ3v) is 7.29. The van der Waals surface area contributed by atoms with Crippen molar-refractivity contribution < 1.29 is 31.5 Å². The summed E-state index contributed by atoms with van der Waals surface area (Å²) in [7, 11) is 0. The largest absolute Gasteiger partial charge is 0.462 e. The minimum atomic E-state index is -2.22. The van der Waals surface area contributed by atoms with Gasteiger partial charge in [0, 0.05) is 17.1 Å². The van der Waals surface area contributed by atoms with Crippen molar-refractivity contribution in [2.24, 2.45) is 0 Å². The van der Waals surface area contributed by atoms with Crippen LogP contribution in [0.2, 0.25) is 0 Å². The van der Waals surface area contributed by atoms with Gasteiger partial charge in [0.15, 0.2) is 34.2 Å². The third kappa shape index (κ3) is 5.77. The zero-order valence-corrected chi connectivity index (χ0v) is 21.4. The molecule has 0 amide bonds. The normalized spacial score (nSPS) is 13.5. The summed E-state index contributed by atoms with van der Waals surface area (Å²) < 4.78 is 74.6. The quantitative estimate of drug-likeness (QED) is 0.121. The lowest BCUT2D eigenvalue weighted by Gasteiger charge is -2.12. The molecule has 6 nitrogen and oxygen atoms in total. The van der Waals surface area contributed by atoms with Gasteiger partial charge in [0.1, 0.15) is 5.00 Å². The molecule has 198 valence electrons. The summed E-state index contributed by atoms with van der Waals surface area (Å²) in [6.45, 7) is 1.26. The van der Waals surface area contributed by atoms with Gasteiger partial charge in [0.05, 0.1) is 24.3 Å². The molecule has 0 unspecified atom stereocenters. The van der Waals surface area contributed by atoms with Gasteiger partial charge in [-0.2, -0.15) is 5.10 Å². The van der Waals surface area contributed by atoms with Gasteiger partial charge < -0.3 is 15.4 Å². The molecule has 0 radical (unpaired) electrons. The molecule has 4 rings (SSSR count). The Hall–Kier alpha value is -3.06. The van der Waals surface area contributed by atoms with Gasteiger partial charge in [0.2, 0.25) is 5.82 Å². The zero-order valence-electron chi connectivity index (χ0n) is 19.7. The van der Waals surface area contributed by atoms with E-state index in [4.69, 9.17) is 17.0 Å². The van der Waals surface area contributed by atoms with Gasteiger partial charge in [-0.25, -0.2) is 26.7 Å². The Morgan fingerprint density at radius 3 is 2.35 bits per heavy atom. The highest BCUT2D eigenvalue weighted by atomic mass is 32.1. The summed E-state index contributed by atoms with van der Waals surface area (Å²) in [4.78, 5) is 13.9. The fourth-order valence-electron chi connectivity index (χ4n) is 4.14. The first-order valence-electron chi connectivity index (χ1n) is 11.6. The standard InChI is InChI=1S/C24H23F5N4O2S2/c1-2-35-23(34)16-12-7-5-3-4-6-8-14(12)37-22(16)31-24(36)30-15-9-10-33(32-15)11-13-17(25)19(27)21(29)20(28)18(13)26/h9-10H,2-8,11H2,1H3,(H2,30,31,32,36). The van der Waals surface area contributed by atoms with E-state index in [0.717, 1.165) is 53.6 Å². The Morgan fingerprint density at radius 1 is 1.03 bits per heavy atom. The molecule has 1 aliphatic carbocycles. The minimum absolute atomic E-state index is 0.0984. The molecule has 0 saturated heterocycles. The van der Waals surface area contributed by atoms with E-state index >= 15 is 0 Å². The van der Waals surface area contributed by atoms with Crippen molar-refractivity contribution in [3.05, 3.63) is 62.9 Å². The molecule has 0 atom stereocenters. The minimum Gasteiger partial charge on any atom is -0.462 e. The van der Waals surface area contributed by atoms with Crippen LogP contribution in [0.4, 0.5) is 32.8 Å². The number of hydrogen-bond acceptors (Lipinski definition) is 5. The number of carbonyl (C=O) groups excluding carboxylic acids is 1. The Morgan fingerprint density at radius 2 is 1.68 bits per heavy atom. The lowest BCUT2D eigenvalue weighted by atomic mass is 9.96. The summed E-state index contributed by atoms with van der Waals surface area (Å²) in [6, 6.07) is 1.42. The van der Waals surface area contributed by atoms with Crippen molar-refractivity contribution in [3.63, 3.8) is 0 Å². The Kier molecular flexibility index (Phi) is 8.42. The van der Waals surface area contributed by atoms with Crippen LogP contribution in [0.15, 0.2) is 12.3 Å². The first kappa shape index (κ1) is 27.0. The number of hydrogen-bond donors (Lipinski definition) is 2. The van der Waals surface area contributed by atoms with Crippen LogP contribution >= 0.6 is 23.6 Å². The second-order valence-corrected chi connectivity index (χ2v) is 9.88. The number of esters is 1. The smallest absolute Gasteiger partial charge is 0.341 e. The number of halogens is 5. The van der Waals surface area contributed by atoms with Gasteiger partial charge in [-0.1, -0.05) is 12.8 Å². The number of thiophene rings is 1. The lowest BCUT2D eigenvalue weighted by Crippen LogP contribution is -2.21. The number of aromatic nitrogens is 2. The van der Waals surface area contributed by atoms with Crippen molar-refractivity contribution in [2.45, 2.75) is 52.0 Å². The molecule has 2 aromatic heterocycles. The lowest BCUT2D eigenvalue weighted by molar-refractivity contribution is 0.0526. The summed E-state index contributed by atoms with van der Waals surface area (Å²) in [5.74, 6) is -10.4. The molecule has 0 fully saturated rings. The molecule has 0 aliphatic heterocycles. The topological polar surface area (TPSA) is 68.2 Å². The van der Waals surface area contributed by atoms with Gasteiger partial charge >= 0.3 is 5.97 Å². The van der Waals surface area contributed by atoms with Crippen LogP contribution in [0.5, 0.6) is 0 Å². The Bertz CT molecular complexity index is 1310. The predicted molar refractivity (Wildman–Crippen MR) is 134 cm³/mol.